The molecule has 0 amide bonds. The van der Waals surface area contributed by atoms with Crippen LogP contribution in [0.1, 0.15) is 24.8 Å². The van der Waals surface area contributed by atoms with Gasteiger partial charge in [-0.1, -0.05) is 24.3 Å². The Morgan fingerprint density at radius 2 is 2.04 bits per heavy atom. The van der Waals surface area contributed by atoms with Gasteiger partial charge in [0.25, 0.3) is 0 Å². The summed E-state index contributed by atoms with van der Waals surface area (Å²) in [5.74, 6) is 0.821. The molecule has 0 aliphatic carbocycles. The van der Waals surface area contributed by atoms with Gasteiger partial charge in [-0.2, -0.15) is 0 Å². The predicted molar refractivity (Wildman–Crippen MR) is 110 cm³/mol. The minimum Gasteiger partial charge on any atom is -0.379 e. The standard InChI is InChI=1S/C21H32N4O2/c1-22-21(23-11-5-14-26-17-20-6-4-15-27-20)24-16-18-7-9-19(10-8-18)25-12-2-3-13-25/h2-3,7-10,20H,4-6,11-17H2,1H3,(H2,22,23,24). The molecule has 1 unspecified atom stereocenters. The summed E-state index contributed by atoms with van der Waals surface area (Å²) in [6, 6.07) is 8.72. The van der Waals surface area contributed by atoms with Gasteiger partial charge in [-0.15, -0.1) is 0 Å². The molecule has 0 aromatic heterocycles. The molecule has 6 nitrogen and oxygen atoms in total. The fraction of sp³-hybridized carbons (Fsp3) is 0.571. The number of hydrogen-bond donors (Lipinski definition) is 2. The first-order valence-corrected chi connectivity index (χ1v) is 9.98. The Balaban J connectivity index is 1.28. The Hall–Kier alpha value is -2.05. The number of benzene rings is 1. The Morgan fingerprint density at radius 1 is 1.22 bits per heavy atom. The van der Waals surface area contributed by atoms with Gasteiger partial charge in [0.1, 0.15) is 0 Å². The number of nitrogens with zero attached hydrogens (tertiary/aromatic N) is 2. The molecule has 1 atom stereocenters. The van der Waals surface area contributed by atoms with E-state index >= 15 is 0 Å². The third-order valence-corrected chi connectivity index (χ3v) is 4.89. The van der Waals surface area contributed by atoms with Crippen LogP contribution in [0.5, 0.6) is 0 Å². The van der Waals surface area contributed by atoms with Crippen LogP contribution in [-0.2, 0) is 16.0 Å². The zero-order chi connectivity index (χ0) is 18.7. The first-order chi connectivity index (χ1) is 13.3. The second-order valence-electron chi connectivity index (χ2n) is 6.96. The quantitative estimate of drug-likeness (QED) is 0.302. The van der Waals surface area contributed by atoms with Gasteiger partial charge < -0.3 is 25.0 Å². The summed E-state index contributed by atoms with van der Waals surface area (Å²) >= 11 is 0. The summed E-state index contributed by atoms with van der Waals surface area (Å²) in [5.41, 5.74) is 2.52. The van der Waals surface area contributed by atoms with Crippen LogP contribution >= 0.6 is 0 Å². The summed E-state index contributed by atoms with van der Waals surface area (Å²) in [7, 11) is 1.80. The molecule has 2 aliphatic heterocycles. The van der Waals surface area contributed by atoms with E-state index in [0.29, 0.717) is 6.10 Å². The second kappa shape index (κ2) is 10.9. The highest BCUT2D eigenvalue weighted by Gasteiger charge is 2.14. The SMILES string of the molecule is CN=C(NCCCOCC1CCCO1)NCc1ccc(N2CC=CC2)cc1. The minimum absolute atomic E-state index is 0.306. The summed E-state index contributed by atoms with van der Waals surface area (Å²) in [6.07, 6.45) is 7.96. The lowest BCUT2D eigenvalue weighted by Gasteiger charge is -2.18. The van der Waals surface area contributed by atoms with Crippen molar-refractivity contribution in [2.45, 2.75) is 31.9 Å². The molecule has 1 saturated heterocycles. The minimum atomic E-state index is 0.306. The predicted octanol–water partition coefficient (Wildman–Crippen LogP) is 2.31. The molecule has 0 saturated carbocycles. The van der Waals surface area contributed by atoms with Crippen LogP contribution in [0.25, 0.3) is 0 Å². The van der Waals surface area contributed by atoms with Crippen LogP contribution in [0.4, 0.5) is 5.69 Å². The smallest absolute Gasteiger partial charge is 0.191 e. The van der Waals surface area contributed by atoms with Gasteiger partial charge in [-0.25, -0.2) is 0 Å². The van der Waals surface area contributed by atoms with Crippen LogP contribution in [-0.4, -0.2) is 58.6 Å². The molecular weight excluding hydrogens is 340 g/mol. The van der Waals surface area contributed by atoms with E-state index in [-0.39, 0.29) is 0 Å². The third-order valence-electron chi connectivity index (χ3n) is 4.89. The van der Waals surface area contributed by atoms with E-state index in [9.17, 15) is 0 Å². The number of aliphatic imine (C=N–C) groups is 1. The van der Waals surface area contributed by atoms with Gasteiger partial charge in [-0.3, -0.25) is 4.99 Å². The average molecular weight is 373 g/mol. The van der Waals surface area contributed by atoms with Crippen LogP contribution in [0.15, 0.2) is 41.4 Å². The molecular formula is C21H32N4O2. The maximum absolute atomic E-state index is 5.68. The monoisotopic (exact) mass is 372 g/mol. The van der Waals surface area contributed by atoms with Crippen LogP contribution in [0, 0.1) is 0 Å². The molecule has 3 rings (SSSR count). The van der Waals surface area contributed by atoms with Crippen molar-refractivity contribution < 1.29 is 9.47 Å². The van der Waals surface area contributed by atoms with E-state index < -0.39 is 0 Å². The summed E-state index contributed by atoms with van der Waals surface area (Å²) in [6.45, 7) is 5.96. The molecule has 0 bridgehead atoms. The van der Waals surface area contributed by atoms with E-state index in [1.54, 1.807) is 7.05 Å². The summed E-state index contributed by atoms with van der Waals surface area (Å²) in [5, 5.41) is 6.70. The number of ether oxygens (including phenoxy) is 2. The summed E-state index contributed by atoms with van der Waals surface area (Å²) < 4.78 is 11.2. The molecule has 1 fully saturated rings. The number of guanidine groups is 1. The zero-order valence-corrected chi connectivity index (χ0v) is 16.3. The normalized spacial score (nSPS) is 19.7. The molecule has 27 heavy (non-hydrogen) atoms. The van der Waals surface area contributed by atoms with Crippen molar-refractivity contribution in [1.82, 2.24) is 10.6 Å². The third kappa shape index (κ3) is 6.56. The molecule has 0 radical (unpaired) electrons. The van der Waals surface area contributed by atoms with Gasteiger partial charge in [0.05, 0.1) is 12.7 Å². The van der Waals surface area contributed by atoms with E-state index in [4.69, 9.17) is 9.47 Å². The molecule has 2 N–H and O–H groups in total. The van der Waals surface area contributed by atoms with Crippen LogP contribution < -0.4 is 15.5 Å². The van der Waals surface area contributed by atoms with Crippen molar-refractivity contribution in [3.63, 3.8) is 0 Å². The van der Waals surface area contributed by atoms with E-state index in [1.807, 2.05) is 0 Å². The fourth-order valence-electron chi connectivity index (χ4n) is 3.29. The molecule has 2 aliphatic rings. The van der Waals surface area contributed by atoms with E-state index in [0.717, 1.165) is 71.2 Å². The number of anilines is 1. The molecule has 1 aromatic rings. The molecule has 6 heteroatoms. The van der Waals surface area contributed by atoms with Gasteiger partial charge in [0, 0.05) is 52.1 Å². The van der Waals surface area contributed by atoms with Gasteiger partial charge >= 0.3 is 0 Å². The lowest BCUT2D eigenvalue weighted by atomic mass is 10.2. The molecule has 148 valence electrons. The van der Waals surface area contributed by atoms with Crippen molar-refractivity contribution in [1.29, 1.82) is 0 Å². The fourth-order valence-corrected chi connectivity index (χ4v) is 3.29. The largest absolute Gasteiger partial charge is 0.379 e. The Labute approximate surface area is 162 Å². The summed E-state index contributed by atoms with van der Waals surface area (Å²) in [4.78, 5) is 6.63. The number of nitrogens with one attached hydrogen (secondary N) is 2. The first kappa shape index (κ1) is 19.7. The highest BCUT2D eigenvalue weighted by atomic mass is 16.5. The molecule has 1 aromatic carbocycles. The van der Waals surface area contributed by atoms with Crippen molar-refractivity contribution in [3.8, 4) is 0 Å². The lowest BCUT2D eigenvalue weighted by Crippen LogP contribution is -2.37. The van der Waals surface area contributed by atoms with Crippen molar-refractivity contribution in [2.24, 2.45) is 4.99 Å². The number of rotatable bonds is 9. The number of hydrogen-bond acceptors (Lipinski definition) is 4. The first-order valence-electron chi connectivity index (χ1n) is 9.98. The van der Waals surface area contributed by atoms with Gasteiger partial charge in [-0.05, 0) is 37.0 Å². The second-order valence-corrected chi connectivity index (χ2v) is 6.96. The van der Waals surface area contributed by atoms with E-state index in [1.165, 1.54) is 11.3 Å². The Morgan fingerprint density at radius 3 is 2.74 bits per heavy atom. The maximum Gasteiger partial charge on any atom is 0.191 e. The van der Waals surface area contributed by atoms with Gasteiger partial charge in [0.15, 0.2) is 5.96 Å². The molecule has 2 heterocycles. The van der Waals surface area contributed by atoms with Crippen molar-refractivity contribution in [2.75, 3.05) is 51.4 Å². The average Bonchev–Trinajstić information content (AvgIpc) is 3.41. The Kier molecular flexibility index (Phi) is 7.99. The van der Waals surface area contributed by atoms with Crippen molar-refractivity contribution in [3.05, 3.63) is 42.0 Å². The van der Waals surface area contributed by atoms with Gasteiger partial charge in [0.2, 0.25) is 0 Å². The zero-order valence-electron chi connectivity index (χ0n) is 16.3. The van der Waals surface area contributed by atoms with Crippen molar-refractivity contribution >= 4 is 11.6 Å². The maximum atomic E-state index is 5.68. The van der Waals surface area contributed by atoms with Crippen LogP contribution in [0.3, 0.4) is 0 Å². The van der Waals surface area contributed by atoms with E-state index in [2.05, 4.69) is 56.9 Å². The topological polar surface area (TPSA) is 58.1 Å². The highest BCUT2D eigenvalue weighted by molar-refractivity contribution is 5.79. The molecule has 0 spiro atoms. The van der Waals surface area contributed by atoms with Crippen LogP contribution in [0.2, 0.25) is 0 Å². The lowest BCUT2D eigenvalue weighted by molar-refractivity contribution is 0.0168. The highest BCUT2D eigenvalue weighted by Crippen LogP contribution is 2.17. The Bertz CT molecular complexity index is 601.